The molecule has 22 nitrogen and oxygen atoms in total. The summed E-state index contributed by atoms with van der Waals surface area (Å²) in [5, 5.41) is 11.4. The summed E-state index contributed by atoms with van der Waals surface area (Å²) in [4.78, 5) is 120. The van der Waals surface area contributed by atoms with Gasteiger partial charge in [0.15, 0.2) is 11.7 Å². The number of urea groups is 1. The van der Waals surface area contributed by atoms with Crippen LogP contribution in [0.5, 0.6) is 0 Å². The normalized spacial score (nSPS) is 14.9. The second-order valence-corrected chi connectivity index (χ2v) is 24.5. The Balaban J connectivity index is 0.0000235. The van der Waals surface area contributed by atoms with Crippen LogP contribution in [0.1, 0.15) is 112 Å². The molecule has 1 aliphatic rings. The van der Waals surface area contributed by atoms with E-state index in [1.807, 2.05) is 78.8 Å². The molecule has 5 atom stereocenters. The number of nitrogens with zero attached hydrogens (tertiary/aromatic N) is 2. The summed E-state index contributed by atoms with van der Waals surface area (Å²) in [6, 6.07) is 10.7. The fraction of sp³-hybridized carbons (Fsp3) is 0.593. The van der Waals surface area contributed by atoms with E-state index in [4.69, 9.17) is 19.9 Å². The number of likely N-dealkylation sites (N-methyl/N-ethyl adjacent to an activating group) is 2. The van der Waals surface area contributed by atoms with Crippen LogP contribution < -0.4 is 31.7 Å². The third-order valence-electron chi connectivity index (χ3n) is 14.3. The zero-order valence-electron chi connectivity index (χ0n) is 50.3. The van der Waals surface area contributed by atoms with Crippen molar-refractivity contribution in [1.29, 1.82) is 0 Å². The molecule has 0 aliphatic carbocycles. The van der Waals surface area contributed by atoms with Crippen LogP contribution in [-0.2, 0) is 93.0 Å². The van der Waals surface area contributed by atoms with E-state index in [0.717, 1.165) is 10.5 Å². The number of rotatable bonds is 36. The minimum atomic E-state index is -4.46. The number of ether oxygens (including phenoxy) is 3. The number of imide groups is 1. The molecule has 24 heteroatoms. The van der Waals surface area contributed by atoms with Gasteiger partial charge in [0.25, 0.3) is 15.9 Å². The minimum absolute atomic E-state index is 0. The van der Waals surface area contributed by atoms with Crippen LogP contribution in [0.25, 0.3) is 0 Å². The maximum Gasteiger partial charge on any atom is 0.312 e. The molecule has 461 valence electrons. The largest absolute Gasteiger partial charge is 0.379 e. The van der Waals surface area contributed by atoms with Crippen molar-refractivity contribution in [3.05, 3.63) is 83.8 Å². The first kappa shape index (κ1) is 73.2. The van der Waals surface area contributed by atoms with Crippen molar-refractivity contribution < 1.29 is 84.3 Å². The first-order chi connectivity index (χ1) is 38.4. The van der Waals surface area contributed by atoms with Gasteiger partial charge in [-0.1, -0.05) is 117 Å². The number of hydrogen-bond donors (Lipinski definition) is 6. The molecule has 0 saturated carbocycles. The van der Waals surface area contributed by atoms with Gasteiger partial charge in [0.2, 0.25) is 17.7 Å². The number of carbonyl (C=O) groups is 9. The molecule has 1 radical (unpaired) electrons. The van der Waals surface area contributed by atoms with Gasteiger partial charge in [-0.05, 0) is 67.3 Å². The number of benzene rings is 2. The molecule has 0 spiro atoms. The van der Waals surface area contributed by atoms with Crippen molar-refractivity contribution in [2.24, 2.45) is 28.9 Å². The van der Waals surface area contributed by atoms with Gasteiger partial charge in [0, 0.05) is 74.9 Å². The van der Waals surface area contributed by atoms with E-state index in [2.05, 4.69) is 26.0 Å². The average Bonchev–Trinajstić information content (AvgIpc) is 3.77. The number of sulfonamides is 1. The Kier molecular flexibility index (Phi) is 30.6. The summed E-state index contributed by atoms with van der Waals surface area (Å²) < 4.78 is 45.8. The van der Waals surface area contributed by atoms with E-state index >= 15 is 0 Å². The molecule has 1 fully saturated rings. The van der Waals surface area contributed by atoms with Gasteiger partial charge in [0.1, 0.15) is 11.8 Å². The SMILES string of the molecule is CN[C@H](C(=O)N[C@H](C(=O)N(C)[C@H](/C=C(\C)C(=O)NS(=O)(=O)c1ccc(CC(=O)[C@H](CCCNC(N)=O)NC(=O)[C@@H](CC(=O)CCOCCOCCOCCN2C(=O)[CH-]CC2=O)C(C)C)cc1)C(C)C)C(C)(C)C)C(C)(C)c1ccccc1.[V]. The minimum Gasteiger partial charge on any atom is -0.379 e. The topological polar surface area (TPSA) is 308 Å². The zero-order valence-corrected chi connectivity index (χ0v) is 52.5. The molecule has 1 saturated heterocycles. The van der Waals surface area contributed by atoms with E-state index in [1.165, 1.54) is 48.6 Å². The number of nitrogens with one attached hydrogen (secondary N) is 5. The predicted molar refractivity (Wildman–Crippen MR) is 309 cm³/mol. The number of primary amides is 1. The maximum atomic E-state index is 14.4. The molecule has 7 N–H and O–H groups in total. The van der Waals surface area contributed by atoms with E-state index in [9.17, 15) is 51.6 Å². The molecule has 2 aromatic carbocycles. The Morgan fingerprint density at radius 1 is 0.807 bits per heavy atom. The van der Waals surface area contributed by atoms with Crippen LogP contribution >= 0.6 is 0 Å². The van der Waals surface area contributed by atoms with Crippen molar-refractivity contribution in [3.63, 3.8) is 0 Å². The number of hydrogen-bond acceptors (Lipinski definition) is 15. The quantitative estimate of drug-likeness (QED) is 0.0245. The Hall–Kier alpha value is -5.95. The average molecular weight is 1220 g/mol. The maximum absolute atomic E-state index is 14.4. The molecule has 2 aromatic rings. The van der Waals surface area contributed by atoms with E-state index in [1.54, 1.807) is 27.9 Å². The monoisotopic (exact) mass is 1220 g/mol. The van der Waals surface area contributed by atoms with Gasteiger partial charge in [-0.15, -0.1) is 0 Å². The molecule has 83 heavy (non-hydrogen) atoms. The van der Waals surface area contributed by atoms with Crippen LogP contribution in [-0.4, -0.2) is 162 Å². The van der Waals surface area contributed by atoms with Crippen molar-refractivity contribution in [1.82, 2.24) is 35.8 Å². The van der Waals surface area contributed by atoms with E-state index in [0.29, 0.717) is 5.56 Å². The van der Waals surface area contributed by atoms with Crippen LogP contribution in [0.2, 0.25) is 0 Å². The first-order valence-corrected chi connectivity index (χ1v) is 29.3. The number of carbonyl (C=O) groups excluding carboxylic acids is 9. The van der Waals surface area contributed by atoms with Crippen molar-refractivity contribution in [2.75, 3.05) is 66.8 Å². The summed E-state index contributed by atoms with van der Waals surface area (Å²) in [7, 11) is -1.19. The molecule has 0 bridgehead atoms. The standard InChI is InChI=1S/C59H89N8O14S.V/c1-38(2)45(37-43(68)26-29-79-31-33-81-34-32-80-30-28-67-49(70)24-25-50(67)71)54(73)63-46(19-16-27-62-57(60)76)48(69)36-41-20-22-44(23-21-41)82(77,78)65-53(72)40(5)35-47(39(3)4)66(12)56(75)52(58(6,7)8)64-55(74)51(61-11)59(9,10)42-17-14-13-15-18-42;/h13-15,17-18,20-24,35,38-39,45-47,51-52,61H,16,19,25-34,36-37H2,1-12H3,(H,63,73)(H,64,74)(H,65,72)(H3,60,62,76);/q-1;/b40-35+;/t45-,46-,47+,51+,52+;/m0./s1. The Morgan fingerprint density at radius 3 is 1.93 bits per heavy atom. The third-order valence-corrected chi connectivity index (χ3v) is 15.6. The molecule has 3 rings (SSSR count). The summed E-state index contributed by atoms with van der Waals surface area (Å²) in [5.74, 6) is -4.79. The van der Waals surface area contributed by atoms with Gasteiger partial charge in [-0.25, -0.2) is 17.9 Å². The molecule has 1 heterocycles. The third kappa shape index (κ3) is 23.6. The summed E-state index contributed by atoms with van der Waals surface area (Å²) >= 11 is 0. The fourth-order valence-corrected chi connectivity index (χ4v) is 10.3. The molecule has 1 aliphatic heterocycles. The van der Waals surface area contributed by atoms with Gasteiger partial charge in [-0.3, -0.25) is 40.0 Å². The van der Waals surface area contributed by atoms with Gasteiger partial charge in [-0.2, -0.15) is 0 Å². The van der Waals surface area contributed by atoms with Crippen LogP contribution in [0.15, 0.2) is 71.1 Å². The number of ketones is 2. The zero-order chi connectivity index (χ0) is 61.5. The van der Waals surface area contributed by atoms with Crippen LogP contribution in [0.3, 0.4) is 0 Å². The summed E-state index contributed by atoms with van der Waals surface area (Å²) in [5.41, 5.74) is 5.18. The van der Waals surface area contributed by atoms with Crippen molar-refractivity contribution in [3.8, 4) is 0 Å². The van der Waals surface area contributed by atoms with Crippen LogP contribution in [0.4, 0.5) is 4.79 Å². The predicted octanol–water partition coefficient (Wildman–Crippen LogP) is 3.69. The number of likely N-dealkylation sites (tertiary alicyclic amines) is 1. The molecule has 0 unspecified atom stereocenters. The molecule has 8 amide bonds. The van der Waals surface area contributed by atoms with Crippen LogP contribution in [0, 0.1) is 29.6 Å². The van der Waals surface area contributed by atoms with Gasteiger partial charge < -0.3 is 55.8 Å². The smallest absolute Gasteiger partial charge is 0.312 e. The second kappa shape index (κ2) is 34.7. The Bertz CT molecular complexity index is 2630. The van der Waals surface area contributed by atoms with Gasteiger partial charge >= 0.3 is 6.03 Å². The summed E-state index contributed by atoms with van der Waals surface area (Å²) in [6.45, 7) is 19.7. The Labute approximate surface area is 502 Å². The molecular weight excluding hydrogens is 1130 g/mol. The number of Topliss-reactive ketones (excluding diaryl/α,β-unsaturated/α-hetero) is 2. The second-order valence-electron chi connectivity index (χ2n) is 22.8. The van der Waals surface area contributed by atoms with Crippen molar-refractivity contribution >= 4 is 63.1 Å². The fourth-order valence-electron chi connectivity index (χ4n) is 9.26. The van der Waals surface area contributed by atoms with E-state index < -0.39 is 80.5 Å². The summed E-state index contributed by atoms with van der Waals surface area (Å²) in [6.07, 6.45) is 3.01. The Morgan fingerprint density at radius 2 is 1.40 bits per heavy atom. The molecular formula is C59H89N8O14SV-. The molecule has 0 aromatic heterocycles. The van der Waals surface area contributed by atoms with Gasteiger partial charge in [0.05, 0.1) is 68.6 Å². The number of amides is 8. The van der Waals surface area contributed by atoms with Crippen molar-refractivity contribution in [2.45, 2.75) is 142 Å². The number of nitrogens with two attached hydrogens (primary N) is 1. The van der Waals surface area contributed by atoms with E-state index in [-0.39, 0.29) is 156 Å². The first-order valence-electron chi connectivity index (χ1n) is 27.9.